The largest absolute Gasteiger partial charge is 0.175 e. The Balaban J connectivity index is 2.11. The monoisotopic (exact) mass is 290 g/mol. The molecule has 0 bridgehead atoms. The molecular formula is C17H22S2. The van der Waals surface area contributed by atoms with Crippen LogP contribution in [0.2, 0.25) is 0 Å². The first-order valence-electron chi connectivity index (χ1n) is 7.11. The van der Waals surface area contributed by atoms with Gasteiger partial charge in [0.1, 0.15) is 0 Å². The maximum Gasteiger partial charge on any atom is 0.0348 e. The van der Waals surface area contributed by atoms with E-state index in [0.717, 1.165) is 5.75 Å². The van der Waals surface area contributed by atoms with E-state index < -0.39 is 0 Å². The number of benzene rings is 1. The van der Waals surface area contributed by atoms with E-state index in [0.29, 0.717) is 0 Å². The predicted molar refractivity (Wildman–Crippen MR) is 90.3 cm³/mol. The number of rotatable bonds is 7. The lowest BCUT2D eigenvalue weighted by Gasteiger charge is -2.07. The molecular weight excluding hydrogens is 268 g/mol. The first-order valence-corrected chi connectivity index (χ1v) is 8.63. The minimum absolute atomic E-state index is 0.829. The van der Waals surface area contributed by atoms with E-state index in [1.165, 1.54) is 53.7 Å². The number of unbranched alkanes of at least 4 members (excludes halogenated alkanes) is 3. The van der Waals surface area contributed by atoms with E-state index in [-0.39, 0.29) is 0 Å². The van der Waals surface area contributed by atoms with Gasteiger partial charge in [-0.15, -0.1) is 11.3 Å². The molecule has 0 unspecified atom stereocenters. The molecule has 0 nitrogen and oxygen atoms in total. The average Bonchev–Trinajstić information content (AvgIpc) is 2.93. The molecule has 0 aliphatic rings. The lowest BCUT2D eigenvalue weighted by atomic mass is 10.00. The summed E-state index contributed by atoms with van der Waals surface area (Å²) >= 11 is 6.18. The first kappa shape index (κ1) is 14.7. The summed E-state index contributed by atoms with van der Waals surface area (Å²) in [5.74, 6) is 0.829. The highest BCUT2D eigenvalue weighted by molar-refractivity contribution is 7.79. The maximum absolute atomic E-state index is 4.35. The molecule has 0 aliphatic heterocycles. The molecule has 0 N–H and O–H groups in total. The van der Waals surface area contributed by atoms with Crippen LogP contribution in [0.5, 0.6) is 0 Å². The van der Waals surface area contributed by atoms with Crippen molar-refractivity contribution in [1.82, 2.24) is 0 Å². The molecule has 0 amide bonds. The molecule has 0 saturated heterocycles. The summed E-state index contributed by atoms with van der Waals surface area (Å²) in [4.78, 5) is 1.38. The standard InChI is InChI=1S/C17H22S2/c1-2-3-4-5-8-15-9-6-7-10-16(15)17-11-14(12-18)13-19-17/h6-7,9-11,13,18H,2-5,8,12H2,1H3. The summed E-state index contributed by atoms with van der Waals surface area (Å²) in [6, 6.07) is 11.1. The molecule has 2 heteroatoms. The zero-order valence-electron chi connectivity index (χ0n) is 11.6. The van der Waals surface area contributed by atoms with E-state index in [4.69, 9.17) is 0 Å². The van der Waals surface area contributed by atoms with E-state index in [9.17, 15) is 0 Å². The zero-order chi connectivity index (χ0) is 13.5. The minimum atomic E-state index is 0.829. The van der Waals surface area contributed by atoms with Crippen molar-refractivity contribution in [2.24, 2.45) is 0 Å². The van der Waals surface area contributed by atoms with E-state index in [1.54, 1.807) is 0 Å². The van der Waals surface area contributed by atoms with E-state index in [1.807, 2.05) is 11.3 Å². The van der Waals surface area contributed by atoms with Gasteiger partial charge in [-0.25, -0.2) is 0 Å². The second-order valence-electron chi connectivity index (χ2n) is 4.95. The Morgan fingerprint density at radius 3 is 2.68 bits per heavy atom. The number of hydrogen-bond acceptors (Lipinski definition) is 2. The van der Waals surface area contributed by atoms with Crippen molar-refractivity contribution in [3.63, 3.8) is 0 Å². The summed E-state index contributed by atoms with van der Waals surface area (Å²) < 4.78 is 0. The second kappa shape index (κ2) is 7.76. The maximum atomic E-state index is 4.35. The van der Waals surface area contributed by atoms with Gasteiger partial charge in [0.25, 0.3) is 0 Å². The summed E-state index contributed by atoms with van der Waals surface area (Å²) in [7, 11) is 0. The van der Waals surface area contributed by atoms with Crippen molar-refractivity contribution in [2.75, 3.05) is 0 Å². The van der Waals surface area contributed by atoms with Crippen LogP contribution in [0.15, 0.2) is 35.7 Å². The summed E-state index contributed by atoms with van der Waals surface area (Å²) in [5, 5.41) is 2.22. The summed E-state index contributed by atoms with van der Waals surface area (Å²) in [5.41, 5.74) is 4.23. The third-order valence-corrected chi connectivity index (χ3v) is 4.80. The number of aryl methyl sites for hydroxylation is 1. The van der Waals surface area contributed by atoms with Crippen LogP contribution in [-0.4, -0.2) is 0 Å². The van der Waals surface area contributed by atoms with Gasteiger partial charge in [0, 0.05) is 10.6 Å². The molecule has 2 aromatic rings. The molecule has 2 rings (SSSR count). The molecule has 0 saturated carbocycles. The van der Waals surface area contributed by atoms with Crippen molar-refractivity contribution in [1.29, 1.82) is 0 Å². The fourth-order valence-electron chi connectivity index (χ4n) is 2.32. The van der Waals surface area contributed by atoms with Gasteiger partial charge in [0.05, 0.1) is 0 Å². The molecule has 102 valence electrons. The minimum Gasteiger partial charge on any atom is -0.175 e. The van der Waals surface area contributed by atoms with Gasteiger partial charge in [-0.1, -0.05) is 50.5 Å². The molecule has 0 aliphatic carbocycles. The second-order valence-corrected chi connectivity index (χ2v) is 6.17. The third-order valence-electron chi connectivity index (χ3n) is 3.42. The number of thiol groups is 1. The van der Waals surface area contributed by atoms with Gasteiger partial charge in [-0.05, 0) is 41.0 Å². The van der Waals surface area contributed by atoms with Crippen molar-refractivity contribution < 1.29 is 0 Å². The van der Waals surface area contributed by atoms with Gasteiger partial charge >= 0.3 is 0 Å². The van der Waals surface area contributed by atoms with Crippen LogP contribution in [0.3, 0.4) is 0 Å². The van der Waals surface area contributed by atoms with Crippen LogP contribution >= 0.6 is 24.0 Å². The molecule has 19 heavy (non-hydrogen) atoms. The number of hydrogen-bond donors (Lipinski definition) is 1. The van der Waals surface area contributed by atoms with Crippen molar-refractivity contribution >= 4 is 24.0 Å². The van der Waals surface area contributed by atoms with E-state index in [2.05, 4.69) is 55.3 Å². The van der Waals surface area contributed by atoms with Gasteiger partial charge in [-0.3, -0.25) is 0 Å². The number of thiophene rings is 1. The van der Waals surface area contributed by atoms with Crippen molar-refractivity contribution in [2.45, 2.75) is 44.8 Å². The third kappa shape index (κ3) is 4.12. The van der Waals surface area contributed by atoms with Crippen LogP contribution in [0.4, 0.5) is 0 Å². The normalized spacial score (nSPS) is 10.8. The van der Waals surface area contributed by atoms with Crippen molar-refractivity contribution in [3.8, 4) is 10.4 Å². The summed E-state index contributed by atoms with van der Waals surface area (Å²) in [6.45, 7) is 2.26. The molecule has 0 radical (unpaired) electrons. The van der Waals surface area contributed by atoms with Gasteiger partial charge < -0.3 is 0 Å². The molecule has 0 atom stereocenters. The molecule has 1 aromatic carbocycles. The van der Waals surface area contributed by atoms with Crippen molar-refractivity contribution in [3.05, 3.63) is 46.8 Å². The zero-order valence-corrected chi connectivity index (χ0v) is 13.3. The highest BCUT2D eigenvalue weighted by Gasteiger charge is 2.07. The topological polar surface area (TPSA) is 0 Å². The van der Waals surface area contributed by atoms with Crippen LogP contribution in [0.1, 0.15) is 43.7 Å². The summed E-state index contributed by atoms with van der Waals surface area (Å²) in [6.07, 6.45) is 6.50. The molecule has 0 fully saturated rings. The Morgan fingerprint density at radius 2 is 1.95 bits per heavy atom. The molecule has 1 aromatic heterocycles. The Bertz CT molecular complexity index is 499. The Hall–Kier alpha value is -0.730. The quantitative estimate of drug-likeness (QED) is 0.471. The Morgan fingerprint density at radius 1 is 1.11 bits per heavy atom. The smallest absolute Gasteiger partial charge is 0.0348 e. The van der Waals surface area contributed by atoms with Crippen LogP contribution in [-0.2, 0) is 12.2 Å². The van der Waals surface area contributed by atoms with Crippen LogP contribution in [0.25, 0.3) is 10.4 Å². The van der Waals surface area contributed by atoms with Gasteiger partial charge in [0.2, 0.25) is 0 Å². The van der Waals surface area contributed by atoms with Gasteiger partial charge in [-0.2, -0.15) is 12.6 Å². The Labute approximate surface area is 126 Å². The van der Waals surface area contributed by atoms with Gasteiger partial charge in [0.15, 0.2) is 0 Å². The van der Waals surface area contributed by atoms with E-state index >= 15 is 0 Å². The Kier molecular flexibility index (Phi) is 5.99. The molecule has 1 heterocycles. The lowest BCUT2D eigenvalue weighted by molar-refractivity contribution is 0.667. The SMILES string of the molecule is CCCCCCc1ccccc1-c1cc(CS)cs1. The van der Waals surface area contributed by atoms with Crippen LogP contribution in [0, 0.1) is 0 Å². The fraction of sp³-hybridized carbons (Fsp3) is 0.412. The first-order chi connectivity index (χ1) is 9.35. The lowest BCUT2D eigenvalue weighted by Crippen LogP contribution is -1.89. The molecule has 0 spiro atoms. The average molecular weight is 290 g/mol. The highest BCUT2D eigenvalue weighted by Crippen LogP contribution is 2.31. The predicted octanol–water partition coefficient (Wildman–Crippen LogP) is 5.97. The highest BCUT2D eigenvalue weighted by atomic mass is 32.1. The fourth-order valence-corrected chi connectivity index (χ4v) is 3.60. The van der Waals surface area contributed by atoms with Crippen LogP contribution < -0.4 is 0 Å².